The lowest BCUT2D eigenvalue weighted by atomic mass is 10.1. The van der Waals surface area contributed by atoms with E-state index in [0.29, 0.717) is 6.07 Å². The number of nitrogens with two attached hydrogens (primary N) is 1. The average Bonchev–Trinajstić information content (AvgIpc) is 2.55. The highest BCUT2D eigenvalue weighted by Crippen LogP contribution is 2.35. The molecule has 0 saturated heterocycles. The third kappa shape index (κ3) is 4.77. The molecule has 0 unspecified atom stereocenters. The Balaban J connectivity index is 2.09. The van der Waals surface area contributed by atoms with Crippen LogP contribution in [-0.2, 0) is 15.7 Å². The maximum absolute atomic E-state index is 12.8. The van der Waals surface area contributed by atoms with Gasteiger partial charge in [0.1, 0.15) is 6.61 Å². The summed E-state index contributed by atoms with van der Waals surface area (Å²) in [4.78, 5) is 12.1. The van der Waals surface area contributed by atoms with Crippen LogP contribution in [0.15, 0.2) is 53.4 Å². The summed E-state index contributed by atoms with van der Waals surface area (Å²) in [5.74, 6) is -1.63. The summed E-state index contributed by atoms with van der Waals surface area (Å²) in [6.45, 7) is 0.563. The first-order valence-corrected chi connectivity index (χ1v) is 7.22. The number of alkyl halides is 3. The van der Waals surface area contributed by atoms with Crippen LogP contribution in [-0.4, -0.2) is 23.2 Å². The fourth-order valence-electron chi connectivity index (χ4n) is 1.87. The zero-order chi connectivity index (χ0) is 19.5. The normalized spacial score (nSPS) is 15.8. The number of rotatable bonds is 5. The monoisotopic (exact) mass is 370 g/mol. The molecule has 0 radical (unpaired) electrons. The van der Waals surface area contributed by atoms with Gasteiger partial charge in [-0.05, 0) is 48.7 Å². The number of halogens is 4. The first-order valence-electron chi connectivity index (χ1n) is 7.22. The maximum Gasteiger partial charge on any atom is 0.418 e. The van der Waals surface area contributed by atoms with Gasteiger partial charge in [0, 0.05) is 11.4 Å². The van der Waals surface area contributed by atoms with E-state index in [-0.39, 0.29) is 11.4 Å². The van der Waals surface area contributed by atoms with E-state index in [1.807, 2.05) is 0 Å². The van der Waals surface area contributed by atoms with Crippen LogP contribution in [0.1, 0.15) is 12.5 Å². The fourth-order valence-corrected chi connectivity index (χ4v) is 1.87. The molecule has 1 aromatic rings. The number of ether oxygens (including phenoxy) is 1. The number of allylic oxidation sites excluding steroid dienone is 3. The minimum atomic E-state index is -4.69. The summed E-state index contributed by atoms with van der Waals surface area (Å²) in [5.41, 5.74) is 5.84. The van der Waals surface area contributed by atoms with Gasteiger partial charge in [-0.2, -0.15) is 17.6 Å². The number of anilines is 2. The van der Waals surface area contributed by atoms with Crippen molar-refractivity contribution in [1.82, 2.24) is 0 Å². The van der Waals surface area contributed by atoms with Gasteiger partial charge < -0.3 is 20.9 Å². The van der Waals surface area contributed by atoms with Crippen molar-refractivity contribution in [2.24, 2.45) is 0 Å². The second-order valence-corrected chi connectivity index (χ2v) is 5.61. The van der Waals surface area contributed by atoms with Gasteiger partial charge in [-0.3, -0.25) is 4.79 Å². The summed E-state index contributed by atoms with van der Waals surface area (Å²) in [7, 11) is 0. The Kier molecular flexibility index (Phi) is 5.28. The van der Waals surface area contributed by atoms with Gasteiger partial charge in [-0.15, -0.1) is 0 Å². The molecule has 138 valence electrons. The Morgan fingerprint density at radius 1 is 1.31 bits per heavy atom. The first kappa shape index (κ1) is 19.3. The molecule has 0 aliphatic heterocycles. The van der Waals surface area contributed by atoms with Crippen LogP contribution in [0.2, 0.25) is 0 Å². The molecule has 1 atom stereocenters. The molecular formula is C17H14F4N2O3. The smallest absolute Gasteiger partial charge is 0.418 e. The summed E-state index contributed by atoms with van der Waals surface area (Å²) < 4.78 is 56.4. The molecule has 9 heteroatoms. The van der Waals surface area contributed by atoms with E-state index < -0.39 is 41.4 Å². The third-order valence-electron chi connectivity index (χ3n) is 3.30. The van der Waals surface area contributed by atoms with E-state index in [1.165, 1.54) is 12.1 Å². The minimum Gasteiger partial charge on any atom is -0.482 e. The molecule has 1 aliphatic carbocycles. The highest BCUT2D eigenvalue weighted by atomic mass is 19.4. The lowest BCUT2D eigenvalue weighted by Crippen LogP contribution is -2.44. The van der Waals surface area contributed by atoms with E-state index in [4.69, 9.17) is 10.5 Å². The number of aliphatic hydroxyl groups is 1. The third-order valence-corrected chi connectivity index (χ3v) is 3.30. The molecule has 0 fully saturated rings. The van der Waals surface area contributed by atoms with E-state index in [0.717, 1.165) is 19.1 Å². The van der Waals surface area contributed by atoms with Crippen LogP contribution >= 0.6 is 0 Å². The maximum atomic E-state index is 12.8. The van der Waals surface area contributed by atoms with Crippen LogP contribution in [0.4, 0.5) is 28.9 Å². The van der Waals surface area contributed by atoms with Crippen LogP contribution in [0.3, 0.4) is 0 Å². The zero-order valence-corrected chi connectivity index (χ0v) is 13.4. The Morgan fingerprint density at radius 2 is 2.00 bits per heavy atom. The predicted molar refractivity (Wildman–Crippen MR) is 85.4 cm³/mol. The lowest BCUT2D eigenvalue weighted by molar-refractivity contribution is -0.138. The van der Waals surface area contributed by atoms with E-state index in [1.54, 1.807) is 0 Å². The van der Waals surface area contributed by atoms with Crippen molar-refractivity contribution in [2.75, 3.05) is 17.7 Å². The zero-order valence-electron chi connectivity index (χ0n) is 13.4. The van der Waals surface area contributed by atoms with Gasteiger partial charge in [0.05, 0.1) is 5.56 Å². The van der Waals surface area contributed by atoms with Crippen molar-refractivity contribution < 1.29 is 32.2 Å². The molecule has 0 spiro atoms. The van der Waals surface area contributed by atoms with Crippen molar-refractivity contribution >= 4 is 17.3 Å². The SMILES string of the molecule is C[C@](O)(COC1=C=C=C(F)C=C1)C(=O)Nc1ccc(N)c(C(F)(F)F)c1. The van der Waals surface area contributed by atoms with Gasteiger partial charge in [0.2, 0.25) is 0 Å². The number of hydrogen-bond acceptors (Lipinski definition) is 4. The van der Waals surface area contributed by atoms with Crippen LogP contribution < -0.4 is 11.1 Å². The average molecular weight is 370 g/mol. The molecule has 4 N–H and O–H groups in total. The number of nitrogens with one attached hydrogen (secondary N) is 1. The Labute approximate surface area is 145 Å². The quantitative estimate of drug-likeness (QED) is 0.423. The number of carbonyl (C=O) groups is 1. The van der Waals surface area contributed by atoms with E-state index in [9.17, 15) is 27.5 Å². The largest absolute Gasteiger partial charge is 0.482 e. The van der Waals surface area contributed by atoms with Gasteiger partial charge in [0.25, 0.3) is 5.91 Å². The molecule has 1 aromatic carbocycles. The second kappa shape index (κ2) is 7.09. The highest BCUT2D eigenvalue weighted by Gasteiger charge is 2.35. The Bertz CT molecular complexity index is 859. The van der Waals surface area contributed by atoms with Crippen molar-refractivity contribution in [3.05, 3.63) is 59.0 Å². The van der Waals surface area contributed by atoms with Crippen LogP contribution in [0.5, 0.6) is 0 Å². The van der Waals surface area contributed by atoms with Gasteiger partial charge in [0.15, 0.2) is 17.2 Å². The molecule has 5 nitrogen and oxygen atoms in total. The molecule has 2 rings (SSSR count). The highest BCUT2D eigenvalue weighted by molar-refractivity contribution is 5.97. The summed E-state index contributed by atoms with van der Waals surface area (Å²) >= 11 is 0. The summed E-state index contributed by atoms with van der Waals surface area (Å²) in [6, 6.07) is 2.82. The van der Waals surface area contributed by atoms with Gasteiger partial charge in [-0.25, -0.2) is 0 Å². The molecule has 26 heavy (non-hydrogen) atoms. The molecular weight excluding hydrogens is 356 g/mol. The predicted octanol–water partition coefficient (Wildman–Crippen LogP) is 3.05. The molecule has 0 aromatic heterocycles. The van der Waals surface area contributed by atoms with E-state index in [2.05, 4.69) is 16.8 Å². The van der Waals surface area contributed by atoms with Gasteiger partial charge in [-0.1, -0.05) is 0 Å². The van der Waals surface area contributed by atoms with Crippen molar-refractivity contribution in [1.29, 1.82) is 0 Å². The lowest BCUT2D eigenvalue weighted by Gasteiger charge is -2.23. The number of carbonyl (C=O) groups excluding carboxylic acids is 1. The topological polar surface area (TPSA) is 84.6 Å². The standard InChI is InChI=1S/C17H14F4N2O3/c1-16(25,9-26-12-5-2-10(18)3-6-12)15(24)23-11-4-7-14(22)13(8-11)17(19,20)21/h2,4-5,7-8,25H,9,22H2,1H3,(H,23,24)/t16-/m0/s1. The van der Waals surface area contributed by atoms with Crippen molar-refractivity contribution in [2.45, 2.75) is 18.7 Å². The molecule has 0 saturated carbocycles. The molecule has 0 bridgehead atoms. The van der Waals surface area contributed by atoms with Crippen molar-refractivity contribution in [3.63, 3.8) is 0 Å². The minimum absolute atomic E-state index is 0.0336. The number of hydrogen-bond donors (Lipinski definition) is 3. The fraction of sp³-hybridized carbons (Fsp3) is 0.235. The van der Waals surface area contributed by atoms with Crippen LogP contribution in [0, 0.1) is 0 Å². The molecule has 1 amide bonds. The number of benzene rings is 1. The number of nitrogen functional groups attached to an aromatic ring is 1. The summed E-state index contributed by atoms with van der Waals surface area (Å²) in [5, 5.41) is 12.3. The van der Waals surface area contributed by atoms with Crippen LogP contribution in [0.25, 0.3) is 0 Å². The van der Waals surface area contributed by atoms with Crippen molar-refractivity contribution in [3.8, 4) is 0 Å². The summed E-state index contributed by atoms with van der Waals surface area (Å²) in [6.07, 6.45) is -2.42. The first-order chi connectivity index (χ1) is 12.0. The molecule has 0 heterocycles. The number of amides is 1. The van der Waals surface area contributed by atoms with Gasteiger partial charge >= 0.3 is 6.18 Å². The second-order valence-electron chi connectivity index (χ2n) is 5.61. The Morgan fingerprint density at radius 3 is 2.58 bits per heavy atom. The Hall–Kier alpha value is -2.99. The van der Waals surface area contributed by atoms with E-state index >= 15 is 0 Å². The molecule has 1 aliphatic rings.